The molecule has 9 nitrogen and oxygen atoms in total. The average molecular weight is 535 g/mol. The van der Waals surface area contributed by atoms with E-state index in [9.17, 15) is 29.1 Å². The Bertz CT molecular complexity index is 1290. The number of fused-ring (bicyclic) bond motifs is 4. The molecule has 1 aromatic rings. The second-order valence-electron chi connectivity index (χ2n) is 9.98. The fourth-order valence-electron chi connectivity index (χ4n) is 6.55. The molecule has 0 bridgehead atoms. The number of carbonyl (C=O) groups excluding carboxylic acids is 5. The van der Waals surface area contributed by atoms with Crippen molar-refractivity contribution in [2.75, 3.05) is 14.2 Å². The SMILES string of the molecule is COC(=O)N1C(=O)C2CC=C3C(CC4(Cl)C(=O)N(C)C(=O)C4(Cl)C3c3cc(C)c(O)c(C)c3)C2C1=O. The third-order valence-electron chi connectivity index (χ3n) is 8.22. The van der Waals surface area contributed by atoms with E-state index in [1.54, 1.807) is 32.1 Å². The fraction of sp³-hybridized carbons (Fsp3) is 0.480. The van der Waals surface area contributed by atoms with Crippen molar-refractivity contribution in [1.29, 1.82) is 0 Å². The van der Waals surface area contributed by atoms with Gasteiger partial charge in [0.25, 0.3) is 11.8 Å². The highest BCUT2D eigenvalue weighted by Crippen LogP contribution is 2.65. The number of rotatable bonds is 1. The lowest BCUT2D eigenvalue weighted by atomic mass is 9.56. The average Bonchev–Trinajstić information content (AvgIpc) is 3.16. The standard InChI is InChI=1S/C25H24Cl2N2O7/c1-10-7-12(8-11(2)18(10)30)17-13-5-6-14-16(20(32)29(19(14)31)23(35)36-4)15(13)9-24(26)21(33)28(3)22(34)25(17,24)27/h5,7-8,14-17,30H,6,9H2,1-4H3. The number of hydrogen-bond acceptors (Lipinski definition) is 7. The number of amides is 5. The Kier molecular flexibility index (Phi) is 5.36. The van der Waals surface area contributed by atoms with E-state index in [4.69, 9.17) is 23.2 Å². The zero-order valence-corrected chi connectivity index (χ0v) is 21.5. The van der Waals surface area contributed by atoms with Crippen LogP contribution >= 0.6 is 23.2 Å². The van der Waals surface area contributed by atoms with Crippen LogP contribution in [0.2, 0.25) is 0 Å². The van der Waals surface area contributed by atoms with Crippen molar-refractivity contribution in [2.24, 2.45) is 17.8 Å². The number of allylic oxidation sites excluding steroid dienone is 2. The van der Waals surface area contributed by atoms with Gasteiger partial charge in [0.05, 0.1) is 18.9 Å². The molecule has 0 radical (unpaired) electrons. The highest BCUT2D eigenvalue weighted by atomic mass is 35.5. The van der Waals surface area contributed by atoms with E-state index in [1.807, 2.05) is 0 Å². The number of carbonyl (C=O) groups is 5. The zero-order valence-electron chi connectivity index (χ0n) is 20.0. The Morgan fingerprint density at radius 2 is 1.67 bits per heavy atom. The maximum atomic E-state index is 13.5. The van der Waals surface area contributed by atoms with Crippen molar-refractivity contribution in [2.45, 2.75) is 42.4 Å². The Labute approximate surface area is 216 Å². The first-order chi connectivity index (χ1) is 16.8. The van der Waals surface area contributed by atoms with Crippen LogP contribution in [0.5, 0.6) is 5.75 Å². The number of alkyl halides is 2. The van der Waals surface area contributed by atoms with Crippen molar-refractivity contribution in [3.63, 3.8) is 0 Å². The number of phenolic OH excluding ortho intramolecular Hbond substituents is 1. The van der Waals surface area contributed by atoms with Gasteiger partial charge in [-0.05, 0) is 49.3 Å². The van der Waals surface area contributed by atoms with Crippen LogP contribution in [0.3, 0.4) is 0 Å². The van der Waals surface area contributed by atoms with E-state index in [0.29, 0.717) is 27.2 Å². The molecule has 2 aliphatic carbocycles. The van der Waals surface area contributed by atoms with Gasteiger partial charge in [-0.25, -0.2) is 4.79 Å². The van der Waals surface area contributed by atoms with Crippen molar-refractivity contribution in [1.82, 2.24) is 9.80 Å². The van der Waals surface area contributed by atoms with Gasteiger partial charge >= 0.3 is 6.09 Å². The Hall–Kier alpha value is -2.91. The predicted octanol–water partition coefficient (Wildman–Crippen LogP) is 2.76. The van der Waals surface area contributed by atoms with E-state index in [2.05, 4.69) is 4.74 Å². The molecule has 1 saturated carbocycles. The second-order valence-corrected chi connectivity index (χ2v) is 11.2. The highest BCUT2D eigenvalue weighted by molar-refractivity contribution is 6.53. The first-order valence-electron chi connectivity index (χ1n) is 11.5. The molecule has 190 valence electrons. The number of nitrogens with zero attached hydrogens (tertiary/aromatic N) is 2. The Balaban J connectivity index is 1.74. The summed E-state index contributed by atoms with van der Waals surface area (Å²) in [7, 11) is 2.39. The topological polar surface area (TPSA) is 121 Å². The zero-order chi connectivity index (χ0) is 26.5. The maximum Gasteiger partial charge on any atom is 0.423 e. The van der Waals surface area contributed by atoms with Crippen LogP contribution in [-0.2, 0) is 23.9 Å². The second kappa shape index (κ2) is 7.79. The lowest BCUT2D eigenvalue weighted by Crippen LogP contribution is -2.60. The van der Waals surface area contributed by atoms with Crippen molar-refractivity contribution in [3.05, 3.63) is 40.5 Å². The minimum Gasteiger partial charge on any atom is -0.507 e. The molecule has 6 unspecified atom stereocenters. The molecule has 0 aromatic heterocycles. The van der Waals surface area contributed by atoms with Gasteiger partial charge in [0.15, 0.2) is 9.75 Å². The summed E-state index contributed by atoms with van der Waals surface area (Å²) in [6, 6.07) is 3.37. The van der Waals surface area contributed by atoms with Gasteiger partial charge in [0.2, 0.25) is 11.8 Å². The van der Waals surface area contributed by atoms with E-state index in [-0.39, 0.29) is 18.6 Å². The summed E-state index contributed by atoms with van der Waals surface area (Å²) in [4.78, 5) is 63.1. The number of likely N-dealkylation sites (tertiary alicyclic amines) is 2. The van der Waals surface area contributed by atoms with E-state index >= 15 is 0 Å². The van der Waals surface area contributed by atoms with Crippen LogP contribution in [0.25, 0.3) is 0 Å². The summed E-state index contributed by atoms with van der Waals surface area (Å²) in [6.07, 6.45) is 0.677. The van der Waals surface area contributed by atoms with E-state index < -0.39 is 63.1 Å². The minimum atomic E-state index is -1.91. The first kappa shape index (κ1) is 24.8. The molecule has 1 N–H and O–H groups in total. The number of aryl methyl sites for hydroxylation is 2. The summed E-state index contributed by atoms with van der Waals surface area (Å²) in [5.74, 6) is -6.12. The number of aromatic hydroxyl groups is 1. The molecule has 2 aliphatic heterocycles. The number of imide groups is 4. The number of hydrogen-bond donors (Lipinski definition) is 1. The van der Waals surface area contributed by atoms with Crippen LogP contribution in [0.4, 0.5) is 4.79 Å². The largest absolute Gasteiger partial charge is 0.507 e. The molecular weight excluding hydrogens is 511 g/mol. The number of halogens is 2. The van der Waals surface area contributed by atoms with Gasteiger partial charge in [-0.2, -0.15) is 4.90 Å². The van der Waals surface area contributed by atoms with Gasteiger partial charge in [-0.15, -0.1) is 23.2 Å². The lowest BCUT2D eigenvalue weighted by Gasteiger charge is -2.50. The Morgan fingerprint density at radius 3 is 2.25 bits per heavy atom. The third kappa shape index (κ3) is 2.81. The predicted molar refractivity (Wildman–Crippen MR) is 127 cm³/mol. The summed E-state index contributed by atoms with van der Waals surface area (Å²) in [6.45, 7) is 3.40. The number of ether oxygens (including phenoxy) is 1. The number of methoxy groups -OCH3 is 1. The van der Waals surface area contributed by atoms with Gasteiger partial charge < -0.3 is 9.84 Å². The highest BCUT2D eigenvalue weighted by Gasteiger charge is 2.76. The summed E-state index contributed by atoms with van der Waals surface area (Å²) < 4.78 is 4.65. The molecule has 2 heterocycles. The maximum absolute atomic E-state index is 13.5. The number of phenols is 1. The van der Waals surface area contributed by atoms with Gasteiger partial charge in [0, 0.05) is 13.0 Å². The molecular formula is C25H24Cl2N2O7. The molecule has 2 saturated heterocycles. The fourth-order valence-corrected chi connectivity index (χ4v) is 7.56. The summed E-state index contributed by atoms with van der Waals surface area (Å²) in [5.41, 5.74) is 2.23. The molecule has 1 aromatic carbocycles. The van der Waals surface area contributed by atoms with Crippen LogP contribution < -0.4 is 0 Å². The smallest absolute Gasteiger partial charge is 0.423 e. The van der Waals surface area contributed by atoms with Gasteiger partial charge in [-0.1, -0.05) is 23.8 Å². The van der Waals surface area contributed by atoms with E-state index in [0.717, 1.165) is 12.0 Å². The summed E-state index contributed by atoms with van der Waals surface area (Å²) >= 11 is 14.2. The molecule has 5 rings (SSSR count). The third-order valence-corrected chi connectivity index (χ3v) is 9.63. The quantitative estimate of drug-likeness (QED) is 0.334. The van der Waals surface area contributed by atoms with Crippen molar-refractivity contribution >= 4 is 52.9 Å². The minimum absolute atomic E-state index is 0.0841. The van der Waals surface area contributed by atoms with Gasteiger partial charge in [0.1, 0.15) is 5.75 Å². The van der Waals surface area contributed by atoms with Gasteiger partial charge in [-0.3, -0.25) is 24.1 Å². The van der Waals surface area contributed by atoms with Crippen LogP contribution in [-0.4, -0.2) is 68.5 Å². The van der Waals surface area contributed by atoms with Crippen molar-refractivity contribution in [3.8, 4) is 5.75 Å². The molecule has 6 atom stereocenters. The molecule has 11 heteroatoms. The normalized spacial score (nSPS) is 35.4. The molecule has 0 spiro atoms. The van der Waals surface area contributed by atoms with Crippen LogP contribution in [0.15, 0.2) is 23.8 Å². The van der Waals surface area contributed by atoms with E-state index in [1.165, 1.54) is 7.05 Å². The molecule has 36 heavy (non-hydrogen) atoms. The summed E-state index contributed by atoms with van der Waals surface area (Å²) in [5, 5.41) is 10.4. The Morgan fingerprint density at radius 1 is 1.06 bits per heavy atom. The molecule has 3 fully saturated rings. The molecule has 5 amide bonds. The number of benzene rings is 1. The monoisotopic (exact) mass is 534 g/mol. The molecule has 4 aliphatic rings. The lowest BCUT2D eigenvalue weighted by molar-refractivity contribution is -0.139. The van der Waals surface area contributed by atoms with Crippen LogP contribution in [0.1, 0.15) is 35.4 Å². The first-order valence-corrected chi connectivity index (χ1v) is 12.2. The van der Waals surface area contributed by atoms with Crippen LogP contribution in [0, 0.1) is 31.6 Å². The van der Waals surface area contributed by atoms with Crippen molar-refractivity contribution < 1.29 is 33.8 Å².